The number of rotatable bonds is 4. The highest BCUT2D eigenvalue weighted by molar-refractivity contribution is 5.83. The normalized spacial score (nSPS) is 30.1. The Bertz CT molecular complexity index is 258. The van der Waals surface area contributed by atoms with Crippen molar-refractivity contribution in [1.82, 2.24) is 10.2 Å². The monoisotopic (exact) mass is 226 g/mol. The Morgan fingerprint density at radius 2 is 2.31 bits per heavy atom. The van der Waals surface area contributed by atoms with Crippen molar-refractivity contribution >= 4 is 5.91 Å². The number of hydrogen-bond acceptors (Lipinski definition) is 3. The molecule has 2 fully saturated rings. The molecule has 1 saturated heterocycles. The highest BCUT2D eigenvalue weighted by Crippen LogP contribution is 2.32. The molecule has 0 bridgehead atoms. The van der Waals surface area contributed by atoms with Crippen molar-refractivity contribution in [3.05, 3.63) is 0 Å². The van der Waals surface area contributed by atoms with E-state index in [1.165, 1.54) is 6.42 Å². The lowest BCUT2D eigenvalue weighted by Gasteiger charge is -2.41. The number of carbonyl (C=O) groups is 1. The summed E-state index contributed by atoms with van der Waals surface area (Å²) in [6.07, 6.45) is 4.35. The van der Waals surface area contributed by atoms with E-state index < -0.39 is 0 Å². The Morgan fingerprint density at radius 1 is 1.56 bits per heavy atom. The molecular formula is C12H22N2O2. The molecule has 16 heavy (non-hydrogen) atoms. The van der Waals surface area contributed by atoms with Crippen molar-refractivity contribution in [3.8, 4) is 0 Å². The first kappa shape index (κ1) is 11.9. The molecule has 4 nitrogen and oxygen atoms in total. The standard InChI is InChI=1S/C12H22N2O2/c1-12(5-6-13-9-12)11(16)14(7-8-15)10-3-2-4-10/h10,13,15H,2-9H2,1H3. The van der Waals surface area contributed by atoms with Gasteiger partial charge in [-0.1, -0.05) is 0 Å². The number of carbonyl (C=O) groups excluding carboxylic acids is 1. The van der Waals surface area contributed by atoms with Crippen molar-refractivity contribution in [2.75, 3.05) is 26.2 Å². The molecular weight excluding hydrogens is 204 g/mol. The predicted octanol–water partition coefficient (Wildman–Crippen LogP) is 0.359. The van der Waals surface area contributed by atoms with E-state index in [4.69, 9.17) is 5.11 Å². The van der Waals surface area contributed by atoms with Gasteiger partial charge in [-0.05, 0) is 39.2 Å². The molecule has 92 valence electrons. The molecule has 1 unspecified atom stereocenters. The summed E-state index contributed by atoms with van der Waals surface area (Å²) in [5, 5.41) is 12.3. The fourth-order valence-corrected chi connectivity index (χ4v) is 2.60. The van der Waals surface area contributed by atoms with Gasteiger partial charge in [0.1, 0.15) is 0 Å². The van der Waals surface area contributed by atoms with Crippen LogP contribution in [0.5, 0.6) is 0 Å². The average Bonchev–Trinajstić information content (AvgIpc) is 2.62. The van der Waals surface area contributed by atoms with Crippen LogP contribution in [0, 0.1) is 5.41 Å². The first-order chi connectivity index (χ1) is 7.67. The third-order valence-corrected chi connectivity index (χ3v) is 4.00. The molecule has 1 amide bonds. The zero-order valence-electron chi connectivity index (χ0n) is 10.0. The molecule has 0 aromatic rings. The van der Waals surface area contributed by atoms with Crippen molar-refractivity contribution in [1.29, 1.82) is 0 Å². The van der Waals surface area contributed by atoms with Gasteiger partial charge in [-0.3, -0.25) is 4.79 Å². The van der Waals surface area contributed by atoms with E-state index in [-0.39, 0.29) is 17.9 Å². The molecule has 2 N–H and O–H groups in total. The van der Waals surface area contributed by atoms with E-state index >= 15 is 0 Å². The van der Waals surface area contributed by atoms with Crippen molar-refractivity contribution in [2.24, 2.45) is 5.41 Å². The third-order valence-electron chi connectivity index (χ3n) is 4.00. The highest BCUT2D eigenvalue weighted by atomic mass is 16.3. The Morgan fingerprint density at radius 3 is 2.75 bits per heavy atom. The van der Waals surface area contributed by atoms with Crippen LogP contribution in [-0.2, 0) is 4.79 Å². The van der Waals surface area contributed by atoms with Gasteiger partial charge in [-0.2, -0.15) is 0 Å². The fourth-order valence-electron chi connectivity index (χ4n) is 2.60. The Hall–Kier alpha value is -0.610. The van der Waals surface area contributed by atoms with Crippen molar-refractivity contribution in [3.63, 3.8) is 0 Å². The zero-order chi connectivity index (χ0) is 11.6. The maximum Gasteiger partial charge on any atom is 0.230 e. The minimum absolute atomic E-state index is 0.0751. The van der Waals surface area contributed by atoms with Crippen LogP contribution in [0.1, 0.15) is 32.6 Å². The molecule has 1 heterocycles. The molecule has 1 saturated carbocycles. The lowest BCUT2D eigenvalue weighted by molar-refractivity contribution is -0.145. The van der Waals surface area contributed by atoms with Crippen LogP contribution in [0.2, 0.25) is 0 Å². The molecule has 0 spiro atoms. The second-order valence-electron chi connectivity index (χ2n) is 5.29. The summed E-state index contributed by atoms with van der Waals surface area (Å²) >= 11 is 0. The number of nitrogens with zero attached hydrogens (tertiary/aromatic N) is 1. The highest BCUT2D eigenvalue weighted by Gasteiger charge is 2.41. The summed E-state index contributed by atoms with van der Waals surface area (Å²) in [6.45, 7) is 4.32. The van der Waals surface area contributed by atoms with E-state index in [0.717, 1.165) is 32.4 Å². The maximum atomic E-state index is 12.5. The summed E-state index contributed by atoms with van der Waals surface area (Å²) in [4.78, 5) is 14.4. The Labute approximate surface area is 97.0 Å². The molecule has 2 rings (SSSR count). The fraction of sp³-hybridized carbons (Fsp3) is 0.917. The van der Waals surface area contributed by atoms with Gasteiger partial charge in [-0.25, -0.2) is 0 Å². The summed E-state index contributed by atoms with van der Waals surface area (Å²) in [7, 11) is 0. The summed E-state index contributed by atoms with van der Waals surface area (Å²) in [5.41, 5.74) is -0.245. The summed E-state index contributed by atoms with van der Waals surface area (Å²) in [5.74, 6) is 0.233. The second-order valence-corrected chi connectivity index (χ2v) is 5.29. The van der Waals surface area contributed by atoms with Gasteiger partial charge in [0.2, 0.25) is 5.91 Å². The van der Waals surface area contributed by atoms with Gasteiger partial charge < -0.3 is 15.3 Å². The smallest absolute Gasteiger partial charge is 0.230 e. The van der Waals surface area contributed by atoms with Crippen molar-refractivity contribution in [2.45, 2.75) is 38.6 Å². The van der Waals surface area contributed by atoms with Crippen LogP contribution < -0.4 is 5.32 Å². The largest absolute Gasteiger partial charge is 0.395 e. The van der Waals surface area contributed by atoms with Crippen LogP contribution in [-0.4, -0.2) is 48.2 Å². The van der Waals surface area contributed by atoms with Crippen LogP contribution in [0.4, 0.5) is 0 Å². The molecule has 0 radical (unpaired) electrons. The van der Waals surface area contributed by atoms with E-state index in [1.54, 1.807) is 0 Å². The molecule has 1 aliphatic carbocycles. The molecule has 1 aliphatic heterocycles. The van der Waals surface area contributed by atoms with Gasteiger partial charge in [0.25, 0.3) is 0 Å². The van der Waals surface area contributed by atoms with Gasteiger partial charge in [0, 0.05) is 19.1 Å². The van der Waals surface area contributed by atoms with E-state index in [9.17, 15) is 4.79 Å². The third kappa shape index (κ3) is 2.09. The van der Waals surface area contributed by atoms with E-state index in [2.05, 4.69) is 5.32 Å². The molecule has 0 aromatic heterocycles. The van der Waals surface area contributed by atoms with Gasteiger partial charge in [0.05, 0.1) is 12.0 Å². The van der Waals surface area contributed by atoms with Gasteiger partial charge in [0.15, 0.2) is 0 Å². The van der Waals surface area contributed by atoms with Crippen LogP contribution >= 0.6 is 0 Å². The second kappa shape index (κ2) is 4.72. The van der Waals surface area contributed by atoms with E-state index in [1.807, 2.05) is 11.8 Å². The van der Waals surface area contributed by atoms with Crippen molar-refractivity contribution < 1.29 is 9.90 Å². The van der Waals surface area contributed by atoms with Gasteiger partial charge in [-0.15, -0.1) is 0 Å². The van der Waals surface area contributed by atoms with Crippen LogP contribution in [0.25, 0.3) is 0 Å². The van der Waals surface area contributed by atoms with Crippen LogP contribution in [0.3, 0.4) is 0 Å². The summed E-state index contributed by atoms with van der Waals surface area (Å²) in [6, 6.07) is 0.386. The lowest BCUT2D eigenvalue weighted by Crippen LogP contribution is -2.51. The number of hydrogen-bond donors (Lipinski definition) is 2. The minimum Gasteiger partial charge on any atom is -0.395 e. The first-order valence-electron chi connectivity index (χ1n) is 6.30. The topological polar surface area (TPSA) is 52.6 Å². The first-order valence-corrected chi connectivity index (χ1v) is 6.30. The molecule has 2 aliphatic rings. The number of amides is 1. The average molecular weight is 226 g/mol. The Kier molecular flexibility index (Phi) is 3.50. The zero-order valence-corrected chi connectivity index (χ0v) is 10.0. The molecule has 4 heteroatoms. The van der Waals surface area contributed by atoms with Gasteiger partial charge >= 0.3 is 0 Å². The quantitative estimate of drug-likeness (QED) is 0.728. The maximum absolute atomic E-state index is 12.5. The molecule has 1 atom stereocenters. The Balaban J connectivity index is 2.03. The number of aliphatic hydroxyl groups excluding tert-OH is 1. The number of aliphatic hydroxyl groups is 1. The van der Waals surface area contributed by atoms with E-state index in [0.29, 0.717) is 12.6 Å². The molecule has 0 aromatic carbocycles. The predicted molar refractivity (Wildman–Crippen MR) is 62.0 cm³/mol. The minimum atomic E-state index is -0.245. The summed E-state index contributed by atoms with van der Waals surface area (Å²) < 4.78 is 0. The van der Waals surface area contributed by atoms with Crippen LogP contribution in [0.15, 0.2) is 0 Å². The SMILES string of the molecule is CC1(C(=O)N(CCO)C2CCC2)CCNC1. The lowest BCUT2D eigenvalue weighted by atomic mass is 9.84. The number of nitrogens with one attached hydrogen (secondary N) is 1.